The lowest BCUT2D eigenvalue weighted by molar-refractivity contribution is -0.148. The van der Waals surface area contributed by atoms with E-state index < -0.39 is 0 Å². The van der Waals surface area contributed by atoms with Gasteiger partial charge in [0, 0.05) is 0 Å². The molecular weight excluding hydrogens is 276 g/mol. The molecule has 0 bridgehead atoms. The number of allylic oxidation sites excluding steroid dienone is 3. The maximum absolute atomic E-state index is 12.1. The molecule has 0 aliphatic heterocycles. The number of Topliss-reactive ketones (excluding diaryl/α,β-unsaturated/α-hetero) is 1. The zero-order chi connectivity index (χ0) is 16.1. The summed E-state index contributed by atoms with van der Waals surface area (Å²) in [5.41, 5.74) is 3.85. The van der Waals surface area contributed by atoms with E-state index in [1.807, 2.05) is 37.3 Å². The fourth-order valence-electron chi connectivity index (χ4n) is 2.84. The molecule has 0 saturated carbocycles. The summed E-state index contributed by atoms with van der Waals surface area (Å²) in [6, 6.07) is 9.95. The fraction of sp³-hybridized carbons (Fsp3) is 0.368. The molecule has 0 amide bonds. The molecule has 1 aliphatic carbocycles. The third-order valence-electron chi connectivity index (χ3n) is 4.04. The van der Waals surface area contributed by atoms with Crippen molar-refractivity contribution in [3.05, 3.63) is 52.6 Å². The van der Waals surface area contributed by atoms with Gasteiger partial charge in [0.05, 0.1) is 12.5 Å². The number of carbonyl (C=O) groups excluding carboxylic acids is 2. The highest BCUT2D eigenvalue weighted by Crippen LogP contribution is 2.35. The molecule has 0 saturated heterocycles. The van der Waals surface area contributed by atoms with E-state index in [1.54, 1.807) is 13.8 Å². The van der Waals surface area contributed by atoms with Crippen LogP contribution in [0.15, 0.2) is 47.1 Å². The first-order valence-corrected chi connectivity index (χ1v) is 7.66. The van der Waals surface area contributed by atoms with Gasteiger partial charge < -0.3 is 4.74 Å². The number of hydrogen-bond acceptors (Lipinski definition) is 3. The van der Waals surface area contributed by atoms with Crippen molar-refractivity contribution in [3.8, 4) is 0 Å². The van der Waals surface area contributed by atoms with E-state index in [0.717, 1.165) is 22.3 Å². The minimum Gasteiger partial charge on any atom is -0.466 e. The van der Waals surface area contributed by atoms with Crippen LogP contribution < -0.4 is 0 Å². The molecule has 3 heteroatoms. The standard InChI is InChI=1S/C19H22O3/c1-4-22-19(21)17-11-16(10-15-8-6-5-7-9-15)13(2)18(12-17)14(3)20/h5-10,17H,4,11-12H2,1-3H3/b16-10+. The SMILES string of the molecule is CCOC(=O)C1CC(C(C)=O)=C(C)/C(=C/c2ccccc2)C1. The number of esters is 1. The molecule has 0 N–H and O–H groups in total. The lowest BCUT2D eigenvalue weighted by Crippen LogP contribution is -2.24. The maximum Gasteiger partial charge on any atom is 0.309 e. The Morgan fingerprint density at radius 2 is 1.91 bits per heavy atom. The summed E-state index contributed by atoms with van der Waals surface area (Å²) in [6.07, 6.45) is 3.16. The summed E-state index contributed by atoms with van der Waals surface area (Å²) in [5.74, 6) is -0.448. The van der Waals surface area contributed by atoms with E-state index in [2.05, 4.69) is 6.08 Å². The molecule has 0 radical (unpaired) electrons. The van der Waals surface area contributed by atoms with Gasteiger partial charge in [-0.3, -0.25) is 9.59 Å². The Balaban J connectivity index is 2.38. The van der Waals surface area contributed by atoms with Gasteiger partial charge in [-0.05, 0) is 55.9 Å². The van der Waals surface area contributed by atoms with Crippen LogP contribution >= 0.6 is 0 Å². The van der Waals surface area contributed by atoms with Crippen LogP contribution in [0.4, 0.5) is 0 Å². The first-order chi connectivity index (χ1) is 10.5. The highest BCUT2D eigenvalue weighted by atomic mass is 16.5. The van der Waals surface area contributed by atoms with Crippen LogP contribution in [0.3, 0.4) is 0 Å². The summed E-state index contributed by atoms with van der Waals surface area (Å²) in [5, 5.41) is 0. The Morgan fingerprint density at radius 3 is 2.50 bits per heavy atom. The van der Waals surface area contributed by atoms with Gasteiger partial charge in [-0.1, -0.05) is 36.4 Å². The molecule has 1 aromatic carbocycles. The second-order valence-electron chi connectivity index (χ2n) is 5.60. The van der Waals surface area contributed by atoms with Crippen molar-refractivity contribution in [2.75, 3.05) is 6.61 Å². The van der Waals surface area contributed by atoms with Crippen molar-refractivity contribution in [1.82, 2.24) is 0 Å². The van der Waals surface area contributed by atoms with Gasteiger partial charge in [-0.25, -0.2) is 0 Å². The van der Waals surface area contributed by atoms with Crippen molar-refractivity contribution in [2.45, 2.75) is 33.6 Å². The largest absolute Gasteiger partial charge is 0.466 e. The molecule has 2 rings (SSSR count). The van der Waals surface area contributed by atoms with Crippen LogP contribution in [0.2, 0.25) is 0 Å². The molecule has 116 valence electrons. The monoisotopic (exact) mass is 298 g/mol. The van der Waals surface area contributed by atoms with Crippen molar-refractivity contribution in [1.29, 1.82) is 0 Å². The lowest BCUT2D eigenvalue weighted by Gasteiger charge is -2.26. The second-order valence-corrected chi connectivity index (χ2v) is 5.60. The van der Waals surface area contributed by atoms with Gasteiger partial charge in [0.2, 0.25) is 0 Å². The molecule has 22 heavy (non-hydrogen) atoms. The highest BCUT2D eigenvalue weighted by molar-refractivity contribution is 5.96. The average Bonchev–Trinajstić information content (AvgIpc) is 2.50. The quantitative estimate of drug-likeness (QED) is 0.791. The van der Waals surface area contributed by atoms with Crippen molar-refractivity contribution in [2.24, 2.45) is 5.92 Å². The van der Waals surface area contributed by atoms with Gasteiger partial charge >= 0.3 is 5.97 Å². The van der Waals surface area contributed by atoms with Gasteiger partial charge in [-0.15, -0.1) is 0 Å². The summed E-state index contributed by atoms with van der Waals surface area (Å²) in [4.78, 5) is 24.0. The molecular formula is C19H22O3. The Kier molecular flexibility index (Phi) is 5.31. The number of hydrogen-bond donors (Lipinski definition) is 0. The maximum atomic E-state index is 12.1. The van der Waals surface area contributed by atoms with E-state index in [1.165, 1.54) is 0 Å². The lowest BCUT2D eigenvalue weighted by atomic mass is 9.79. The van der Waals surface area contributed by atoms with Gasteiger partial charge in [-0.2, -0.15) is 0 Å². The Labute approximate surface area is 131 Å². The minimum atomic E-state index is -0.266. The average molecular weight is 298 g/mol. The number of carbonyl (C=O) groups is 2. The van der Waals surface area contributed by atoms with Crippen LogP contribution in [0, 0.1) is 5.92 Å². The summed E-state index contributed by atoms with van der Waals surface area (Å²) in [7, 11) is 0. The predicted molar refractivity (Wildman–Crippen MR) is 87.2 cm³/mol. The highest BCUT2D eigenvalue weighted by Gasteiger charge is 2.30. The fourth-order valence-corrected chi connectivity index (χ4v) is 2.84. The van der Waals surface area contributed by atoms with Gasteiger partial charge in [0.1, 0.15) is 0 Å². The molecule has 0 spiro atoms. The van der Waals surface area contributed by atoms with Crippen molar-refractivity contribution < 1.29 is 14.3 Å². The summed E-state index contributed by atoms with van der Waals surface area (Å²) < 4.78 is 5.14. The molecule has 0 heterocycles. The molecule has 1 unspecified atom stereocenters. The molecule has 1 aromatic rings. The molecule has 3 nitrogen and oxygen atoms in total. The number of benzene rings is 1. The van der Waals surface area contributed by atoms with Crippen LogP contribution in [-0.4, -0.2) is 18.4 Å². The zero-order valence-corrected chi connectivity index (χ0v) is 13.4. The molecule has 0 fully saturated rings. The van der Waals surface area contributed by atoms with Crippen LogP contribution in [0.1, 0.15) is 39.2 Å². The molecule has 1 aliphatic rings. The third kappa shape index (κ3) is 3.73. The van der Waals surface area contributed by atoms with E-state index in [0.29, 0.717) is 19.4 Å². The Morgan fingerprint density at radius 1 is 1.23 bits per heavy atom. The van der Waals surface area contributed by atoms with E-state index in [9.17, 15) is 9.59 Å². The van der Waals surface area contributed by atoms with E-state index >= 15 is 0 Å². The summed E-state index contributed by atoms with van der Waals surface area (Å²) in [6.45, 7) is 5.69. The minimum absolute atomic E-state index is 0.0328. The zero-order valence-electron chi connectivity index (χ0n) is 13.4. The Bertz CT molecular complexity index is 623. The van der Waals surface area contributed by atoms with Gasteiger partial charge in [0.25, 0.3) is 0 Å². The van der Waals surface area contributed by atoms with E-state index in [4.69, 9.17) is 4.74 Å². The Hall–Kier alpha value is -2.16. The first-order valence-electron chi connectivity index (χ1n) is 7.66. The van der Waals surface area contributed by atoms with E-state index in [-0.39, 0.29) is 17.7 Å². The number of ether oxygens (including phenoxy) is 1. The predicted octanol–water partition coefficient (Wildman–Crippen LogP) is 3.95. The summed E-state index contributed by atoms with van der Waals surface area (Å²) >= 11 is 0. The van der Waals surface area contributed by atoms with Crippen molar-refractivity contribution >= 4 is 17.8 Å². The van der Waals surface area contributed by atoms with Crippen LogP contribution in [-0.2, 0) is 14.3 Å². The van der Waals surface area contributed by atoms with Crippen LogP contribution in [0.25, 0.3) is 6.08 Å². The number of rotatable bonds is 4. The first kappa shape index (κ1) is 16.2. The topological polar surface area (TPSA) is 43.4 Å². The van der Waals surface area contributed by atoms with Gasteiger partial charge in [0.15, 0.2) is 5.78 Å². The number of ketones is 1. The van der Waals surface area contributed by atoms with Crippen LogP contribution in [0.5, 0.6) is 0 Å². The van der Waals surface area contributed by atoms with Crippen molar-refractivity contribution in [3.63, 3.8) is 0 Å². The molecule has 1 atom stereocenters. The second kappa shape index (κ2) is 7.21. The smallest absolute Gasteiger partial charge is 0.309 e. The molecule has 0 aromatic heterocycles. The normalized spacial score (nSPS) is 20.1. The third-order valence-corrected chi connectivity index (χ3v) is 4.04.